The summed E-state index contributed by atoms with van der Waals surface area (Å²) >= 11 is 0. The van der Waals surface area contributed by atoms with E-state index in [2.05, 4.69) is 50.8 Å². The van der Waals surface area contributed by atoms with Crippen LogP contribution in [0.25, 0.3) is 0 Å². The number of nitrogens with zero attached hydrogens (tertiary/aromatic N) is 2. The summed E-state index contributed by atoms with van der Waals surface area (Å²) in [6.45, 7) is 0. The maximum absolute atomic E-state index is 4.25. The van der Waals surface area contributed by atoms with Crippen LogP contribution in [0.1, 0.15) is 29.8 Å². The van der Waals surface area contributed by atoms with Crippen LogP contribution < -0.4 is 5.32 Å². The molecule has 1 aromatic carbocycles. The Morgan fingerprint density at radius 2 is 2.18 bits per heavy atom. The van der Waals surface area contributed by atoms with Gasteiger partial charge < -0.3 is 5.32 Å². The molecule has 1 fully saturated rings. The fourth-order valence-electron chi connectivity index (χ4n) is 2.58. The first-order chi connectivity index (χ1) is 8.40. The molecule has 0 saturated heterocycles. The van der Waals surface area contributed by atoms with Gasteiger partial charge in [0.05, 0.1) is 6.04 Å². The third-order valence-electron chi connectivity index (χ3n) is 3.53. The molecule has 0 amide bonds. The van der Waals surface area contributed by atoms with E-state index in [9.17, 15) is 0 Å². The first-order valence-corrected chi connectivity index (χ1v) is 5.97. The predicted molar refractivity (Wildman–Crippen MR) is 65.5 cm³/mol. The standard InChI is InChI=1S/C13H16N4/c1-14-12(13-15-8-16-17-13)11-7-10(11)9-5-3-2-4-6-9/h2-6,8,10-12,14H,7H2,1H3,(H,15,16,17). The third-order valence-corrected chi connectivity index (χ3v) is 3.53. The van der Waals surface area contributed by atoms with Crippen molar-refractivity contribution in [3.63, 3.8) is 0 Å². The van der Waals surface area contributed by atoms with E-state index in [0.29, 0.717) is 11.8 Å². The Morgan fingerprint density at radius 3 is 2.82 bits per heavy atom. The van der Waals surface area contributed by atoms with Crippen LogP contribution in [0.2, 0.25) is 0 Å². The van der Waals surface area contributed by atoms with E-state index in [1.54, 1.807) is 6.33 Å². The lowest BCUT2D eigenvalue weighted by atomic mass is 10.1. The molecule has 2 aromatic rings. The highest BCUT2D eigenvalue weighted by molar-refractivity contribution is 5.27. The van der Waals surface area contributed by atoms with Crippen molar-refractivity contribution in [3.8, 4) is 0 Å². The van der Waals surface area contributed by atoms with Gasteiger partial charge in [-0.25, -0.2) is 4.98 Å². The van der Waals surface area contributed by atoms with Crippen molar-refractivity contribution in [2.75, 3.05) is 7.05 Å². The normalized spacial score (nSPS) is 24.5. The molecule has 3 unspecified atom stereocenters. The van der Waals surface area contributed by atoms with E-state index < -0.39 is 0 Å². The van der Waals surface area contributed by atoms with Crippen molar-refractivity contribution in [1.29, 1.82) is 0 Å². The van der Waals surface area contributed by atoms with Crippen LogP contribution in [-0.2, 0) is 0 Å². The average Bonchev–Trinajstić information content (AvgIpc) is 2.97. The molecule has 0 bridgehead atoms. The maximum atomic E-state index is 4.25. The molecule has 1 aliphatic rings. The van der Waals surface area contributed by atoms with Gasteiger partial charge in [0, 0.05) is 0 Å². The molecule has 4 heteroatoms. The van der Waals surface area contributed by atoms with E-state index in [1.165, 1.54) is 12.0 Å². The number of aromatic nitrogens is 3. The fraction of sp³-hybridized carbons (Fsp3) is 0.385. The highest BCUT2D eigenvalue weighted by atomic mass is 15.2. The smallest absolute Gasteiger partial charge is 0.141 e. The van der Waals surface area contributed by atoms with Gasteiger partial charge in [-0.15, -0.1) is 0 Å². The number of nitrogens with one attached hydrogen (secondary N) is 2. The van der Waals surface area contributed by atoms with Crippen molar-refractivity contribution >= 4 is 0 Å². The summed E-state index contributed by atoms with van der Waals surface area (Å²) in [5.41, 5.74) is 1.43. The van der Waals surface area contributed by atoms with E-state index in [4.69, 9.17) is 0 Å². The Kier molecular flexibility index (Phi) is 2.65. The second-order valence-corrected chi connectivity index (χ2v) is 4.55. The minimum Gasteiger partial charge on any atom is -0.310 e. The summed E-state index contributed by atoms with van der Waals surface area (Å²) < 4.78 is 0. The van der Waals surface area contributed by atoms with Gasteiger partial charge in [-0.1, -0.05) is 30.3 Å². The molecule has 1 saturated carbocycles. The zero-order chi connectivity index (χ0) is 11.7. The lowest BCUT2D eigenvalue weighted by Crippen LogP contribution is -2.20. The van der Waals surface area contributed by atoms with Gasteiger partial charge in [0.2, 0.25) is 0 Å². The van der Waals surface area contributed by atoms with Gasteiger partial charge in [-0.3, -0.25) is 5.10 Å². The Bertz CT molecular complexity index is 465. The number of rotatable bonds is 4. The highest BCUT2D eigenvalue weighted by Gasteiger charge is 2.44. The van der Waals surface area contributed by atoms with Crippen LogP contribution in [0.3, 0.4) is 0 Å². The van der Waals surface area contributed by atoms with Gasteiger partial charge >= 0.3 is 0 Å². The van der Waals surface area contributed by atoms with Crippen molar-refractivity contribution < 1.29 is 0 Å². The van der Waals surface area contributed by atoms with Crippen LogP contribution in [-0.4, -0.2) is 22.2 Å². The average molecular weight is 228 g/mol. The van der Waals surface area contributed by atoms with Crippen molar-refractivity contribution in [2.45, 2.75) is 18.4 Å². The Morgan fingerprint density at radius 1 is 1.35 bits per heavy atom. The summed E-state index contributed by atoms with van der Waals surface area (Å²) in [7, 11) is 1.98. The second kappa shape index (κ2) is 4.30. The Hall–Kier alpha value is -1.68. The van der Waals surface area contributed by atoms with Crippen LogP contribution in [0.15, 0.2) is 36.7 Å². The molecule has 1 aliphatic carbocycles. The molecule has 1 aromatic heterocycles. The van der Waals surface area contributed by atoms with Crippen molar-refractivity contribution in [3.05, 3.63) is 48.0 Å². The van der Waals surface area contributed by atoms with Gasteiger partial charge in [0.1, 0.15) is 12.2 Å². The molecule has 3 rings (SSSR count). The fourth-order valence-corrected chi connectivity index (χ4v) is 2.58. The van der Waals surface area contributed by atoms with E-state index >= 15 is 0 Å². The van der Waals surface area contributed by atoms with E-state index in [1.807, 2.05) is 7.05 Å². The summed E-state index contributed by atoms with van der Waals surface area (Å²) in [5, 5.41) is 10.2. The molecule has 4 nitrogen and oxygen atoms in total. The molecule has 88 valence electrons. The highest BCUT2D eigenvalue weighted by Crippen LogP contribution is 2.53. The molecular formula is C13H16N4. The van der Waals surface area contributed by atoms with Crippen LogP contribution >= 0.6 is 0 Å². The van der Waals surface area contributed by atoms with Gasteiger partial charge in [0.25, 0.3) is 0 Å². The maximum Gasteiger partial charge on any atom is 0.141 e. The summed E-state index contributed by atoms with van der Waals surface area (Å²) in [6.07, 6.45) is 2.79. The minimum atomic E-state index is 0.280. The molecule has 0 radical (unpaired) electrons. The Balaban J connectivity index is 1.75. The van der Waals surface area contributed by atoms with E-state index in [0.717, 1.165) is 5.82 Å². The molecule has 1 heterocycles. The molecule has 2 N–H and O–H groups in total. The van der Waals surface area contributed by atoms with Crippen LogP contribution in [0, 0.1) is 5.92 Å². The lowest BCUT2D eigenvalue weighted by molar-refractivity contribution is 0.492. The monoisotopic (exact) mass is 228 g/mol. The number of H-pyrrole nitrogens is 1. The summed E-state index contributed by atoms with van der Waals surface area (Å²) in [6, 6.07) is 11.0. The van der Waals surface area contributed by atoms with Gasteiger partial charge in [-0.05, 0) is 30.9 Å². The minimum absolute atomic E-state index is 0.280. The van der Waals surface area contributed by atoms with Gasteiger partial charge in [-0.2, -0.15) is 5.10 Å². The first-order valence-electron chi connectivity index (χ1n) is 5.97. The number of hydrogen-bond donors (Lipinski definition) is 2. The zero-order valence-electron chi connectivity index (χ0n) is 9.80. The summed E-state index contributed by atoms with van der Waals surface area (Å²) in [4.78, 5) is 4.25. The van der Waals surface area contributed by atoms with Crippen molar-refractivity contribution in [1.82, 2.24) is 20.5 Å². The van der Waals surface area contributed by atoms with Gasteiger partial charge in [0.15, 0.2) is 0 Å². The quantitative estimate of drug-likeness (QED) is 0.840. The summed E-state index contributed by atoms with van der Waals surface area (Å²) in [5.74, 6) is 2.21. The predicted octanol–water partition coefficient (Wildman–Crippen LogP) is 1.87. The molecule has 0 aliphatic heterocycles. The largest absolute Gasteiger partial charge is 0.310 e. The van der Waals surface area contributed by atoms with Crippen LogP contribution in [0.4, 0.5) is 0 Å². The third kappa shape index (κ3) is 1.96. The zero-order valence-corrected chi connectivity index (χ0v) is 9.80. The number of aromatic amines is 1. The number of benzene rings is 1. The lowest BCUT2D eigenvalue weighted by Gasteiger charge is -2.12. The first kappa shape index (κ1) is 10.5. The molecule has 0 spiro atoms. The number of hydrogen-bond acceptors (Lipinski definition) is 3. The Labute approximate surface area is 100 Å². The molecule has 17 heavy (non-hydrogen) atoms. The van der Waals surface area contributed by atoms with E-state index in [-0.39, 0.29) is 6.04 Å². The SMILES string of the molecule is CNC(c1ncn[nH]1)C1CC1c1ccccc1. The van der Waals surface area contributed by atoms with Crippen molar-refractivity contribution in [2.24, 2.45) is 5.92 Å². The topological polar surface area (TPSA) is 53.6 Å². The molecular weight excluding hydrogens is 212 g/mol. The second-order valence-electron chi connectivity index (χ2n) is 4.55. The molecule has 3 atom stereocenters. The van der Waals surface area contributed by atoms with Crippen LogP contribution in [0.5, 0.6) is 0 Å².